The second kappa shape index (κ2) is 7.77. The van der Waals surface area contributed by atoms with Crippen molar-refractivity contribution in [1.29, 1.82) is 0 Å². The molecule has 0 aliphatic carbocycles. The summed E-state index contributed by atoms with van der Waals surface area (Å²) in [5, 5.41) is 19.2. The van der Waals surface area contributed by atoms with Gasteiger partial charge in [0.15, 0.2) is 5.16 Å². The fourth-order valence-corrected chi connectivity index (χ4v) is 4.26. The second-order valence-electron chi connectivity index (χ2n) is 6.91. The average molecular weight is 395 g/mol. The first kappa shape index (κ1) is 18.7. The summed E-state index contributed by atoms with van der Waals surface area (Å²) >= 11 is 1.53. The normalized spacial score (nSPS) is 11.7. The van der Waals surface area contributed by atoms with E-state index in [0.29, 0.717) is 17.6 Å². The molecule has 1 N–H and O–H groups in total. The van der Waals surface area contributed by atoms with Crippen molar-refractivity contribution in [1.82, 2.24) is 19.2 Å². The van der Waals surface area contributed by atoms with E-state index in [9.17, 15) is 4.79 Å². The fourth-order valence-electron chi connectivity index (χ4n) is 3.40. The van der Waals surface area contributed by atoms with Crippen molar-refractivity contribution in [2.45, 2.75) is 31.3 Å². The highest BCUT2D eigenvalue weighted by Crippen LogP contribution is 2.27. The molecule has 2 aromatic heterocycles. The van der Waals surface area contributed by atoms with E-state index in [0.717, 1.165) is 27.7 Å². The Labute approximate surface area is 166 Å². The first-order valence-electron chi connectivity index (χ1n) is 9.35. The predicted octanol–water partition coefficient (Wildman–Crippen LogP) is 3.63. The summed E-state index contributed by atoms with van der Waals surface area (Å²) in [6.45, 7) is 4.36. The van der Waals surface area contributed by atoms with E-state index in [2.05, 4.69) is 24.0 Å². The number of rotatable bonds is 6. The van der Waals surface area contributed by atoms with Crippen molar-refractivity contribution in [3.05, 3.63) is 64.4 Å². The minimum absolute atomic E-state index is 0.101. The van der Waals surface area contributed by atoms with Crippen LogP contribution in [0.25, 0.3) is 22.4 Å². The fraction of sp³-hybridized carbons (Fsp3) is 0.286. The van der Waals surface area contributed by atoms with Crippen LogP contribution in [0.1, 0.15) is 31.7 Å². The number of hydrogen-bond acceptors (Lipinski definition) is 5. The third kappa shape index (κ3) is 3.10. The molecule has 0 fully saturated rings. The van der Waals surface area contributed by atoms with Gasteiger partial charge in [-0.3, -0.25) is 9.20 Å². The molecule has 0 aliphatic rings. The molecule has 0 atom stereocenters. The number of benzene rings is 2. The Morgan fingerprint density at radius 1 is 1.07 bits per heavy atom. The topological polar surface area (TPSA) is 72.4 Å². The van der Waals surface area contributed by atoms with Gasteiger partial charge in [-0.1, -0.05) is 55.9 Å². The molecule has 0 bridgehead atoms. The van der Waals surface area contributed by atoms with Gasteiger partial charge in [0.2, 0.25) is 5.78 Å². The Bertz CT molecular complexity index is 1200. The van der Waals surface area contributed by atoms with Crippen molar-refractivity contribution < 1.29 is 5.11 Å². The van der Waals surface area contributed by atoms with Gasteiger partial charge in [0.1, 0.15) is 0 Å². The number of thioether (sulfide) groups is 1. The van der Waals surface area contributed by atoms with Crippen LogP contribution in [0.15, 0.2) is 58.5 Å². The van der Waals surface area contributed by atoms with E-state index in [1.807, 2.05) is 52.9 Å². The zero-order chi connectivity index (χ0) is 19.7. The molecule has 6 nitrogen and oxygen atoms in total. The number of aromatic nitrogens is 4. The molecule has 2 heterocycles. The van der Waals surface area contributed by atoms with Crippen LogP contribution in [0.4, 0.5) is 0 Å². The first-order valence-corrected chi connectivity index (χ1v) is 10.3. The van der Waals surface area contributed by atoms with E-state index in [-0.39, 0.29) is 18.1 Å². The highest BCUT2D eigenvalue weighted by atomic mass is 32.2. The number of aliphatic hydroxyl groups is 1. The molecule has 0 spiro atoms. The van der Waals surface area contributed by atoms with Crippen LogP contribution >= 0.6 is 11.8 Å². The number of para-hydroxylation sites is 2. The molecule has 0 unspecified atom stereocenters. The molecule has 4 rings (SSSR count). The third-order valence-electron chi connectivity index (χ3n) is 4.73. The summed E-state index contributed by atoms with van der Waals surface area (Å²) in [5.74, 6) is 1.49. The lowest BCUT2D eigenvalue weighted by atomic mass is 10.0. The van der Waals surface area contributed by atoms with Crippen LogP contribution < -0.4 is 5.56 Å². The van der Waals surface area contributed by atoms with Gasteiger partial charge in [-0.2, -0.15) is 0 Å². The van der Waals surface area contributed by atoms with E-state index < -0.39 is 0 Å². The number of hydrogen-bond donors (Lipinski definition) is 1. The van der Waals surface area contributed by atoms with E-state index in [1.54, 1.807) is 4.57 Å². The minimum Gasteiger partial charge on any atom is -0.396 e. The lowest BCUT2D eigenvalue weighted by molar-refractivity contribution is 0.296. The van der Waals surface area contributed by atoms with Gasteiger partial charge in [0, 0.05) is 12.4 Å². The summed E-state index contributed by atoms with van der Waals surface area (Å²) in [5.41, 5.74) is 2.60. The van der Waals surface area contributed by atoms with E-state index >= 15 is 0 Å². The molecule has 0 aliphatic heterocycles. The smallest absolute Gasteiger partial charge is 0.267 e. The minimum atomic E-state index is -0.101. The molecular weight excluding hydrogens is 372 g/mol. The van der Waals surface area contributed by atoms with Crippen LogP contribution in [0.2, 0.25) is 0 Å². The number of fused-ring (bicyclic) bond motifs is 3. The lowest BCUT2D eigenvalue weighted by Crippen LogP contribution is -2.23. The van der Waals surface area contributed by atoms with Crippen molar-refractivity contribution >= 4 is 28.4 Å². The maximum atomic E-state index is 13.4. The molecule has 4 aromatic rings. The molecule has 0 radical (unpaired) electrons. The van der Waals surface area contributed by atoms with Crippen molar-refractivity contribution in [3.8, 4) is 5.69 Å². The average Bonchev–Trinajstić information content (AvgIpc) is 3.12. The van der Waals surface area contributed by atoms with Crippen molar-refractivity contribution in [2.24, 2.45) is 0 Å². The third-order valence-corrected chi connectivity index (χ3v) is 5.74. The van der Waals surface area contributed by atoms with Crippen molar-refractivity contribution in [3.63, 3.8) is 0 Å². The lowest BCUT2D eigenvalue weighted by Gasteiger charge is -2.16. The Morgan fingerprint density at radius 3 is 2.61 bits per heavy atom. The maximum Gasteiger partial charge on any atom is 0.267 e. The molecule has 0 saturated carbocycles. The van der Waals surface area contributed by atoms with Crippen molar-refractivity contribution in [2.75, 3.05) is 12.4 Å². The maximum absolute atomic E-state index is 13.4. The molecule has 0 saturated heterocycles. The van der Waals surface area contributed by atoms with Gasteiger partial charge in [-0.25, -0.2) is 4.57 Å². The highest BCUT2D eigenvalue weighted by Gasteiger charge is 2.19. The molecular formula is C21H22N4O2S. The van der Waals surface area contributed by atoms with Crippen LogP contribution in [-0.4, -0.2) is 36.6 Å². The van der Waals surface area contributed by atoms with Gasteiger partial charge >= 0.3 is 0 Å². The molecule has 2 aromatic carbocycles. The summed E-state index contributed by atoms with van der Waals surface area (Å²) in [7, 11) is 0. The number of aliphatic hydroxyl groups excluding tert-OH is 1. The SMILES string of the molecule is CC(C)c1ccccc1-n1c(=O)c2ccccc2n2c(SCCCO)nnc12. The van der Waals surface area contributed by atoms with Gasteiger partial charge in [-0.05, 0) is 36.1 Å². The van der Waals surface area contributed by atoms with Crippen LogP contribution in [0, 0.1) is 0 Å². The predicted molar refractivity (Wildman–Crippen MR) is 113 cm³/mol. The van der Waals surface area contributed by atoms with Crippen LogP contribution in [0.3, 0.4) is 0 Å². The number of nitrogens with zero attached hydrogens (tertiary/aromatic N) is 4. The molecule has 7 heteroatoms. The Hall–Kier alpha value is -2.64. The highest BCUT2D eigenvalue weighted by molar-refractivity contribution is 7.99. The zero-order valence-corrected chi connectivity index (χ0v) is 16.7. The largest absolute Gasteiger partial charge is 0.396 e. The molecule has 144 valence electrons. The van der Waals surface area contributed by atoms with E-state index in [1.165, 1.54) is 11.8 Å². The Balaban J connectivity index is 2.07. The van der Waals surface area contributed by atoms with Crippen LogP contribution in [-0.2, 0) is 0 Å². The summed E-state index contributed by atoms with van der Waals surface area (Å²) in [6.07, 6.45) is 0.674. The second-order valence-corrected chi connectivity index (χ2v) is 7.98. The standard InChI is InChI=1S/C21H22N4O2S/c1-14(2)15-8-3-5-10-17(15)24-19(27)16-9-4-6-11-18(16)25-20(24)22-23-21(25)28-13-7-12-26/h3-6,8-11,14,26H,7,12-13H2,1-2H3. The summed E-state index contributed by atoms with van der Waals surface area (Å²) in [6, 6.07) is 15.5. The monoisotopic (exact) mass is 394 g/mol. The Kier molecular flexibility index (Phi) is 5.19. The first-order chi connectivity index (χ1) is 13.6. The summed E-state index contributed by atoms with van der Waals surface area (Å²) < 4.78 is 3.61. The quantitative estimate of drug-likeness (QED) is 0.399. The molecule has 28 heavy (non-hydrogen) atoms. The van der Waals surface area contributed by atoms with Crippen LogP contribution in [0.5, 0.6) is 0 Å². The van der Waals surface area contributed by atoms with Gasteiger partial charge < -0.3 is 5.11 Å². The van der Waals surface area contributed by atoms with E-state index in [4.69, 9.17) is 5.11 Å². The zero-order valence-electron chi connectivity index (χ0n) is 15.9. The summed E-state index contributed by atoms with van der Waals surface area (Å²) in [4.78, 5) is 13.4. The Morgan fingerprint density at radius 2 is 1.82 bits per heavy atom. The van der Waals surface area contributed by atoms with Gasteiger partial charge in [0.05, 0.1) is 16.6 Å². The van der Waals surface area contributed by atoms with Gasteiger partial charge in [0.25, 0.3) is 5.56 Å². The van der Waals surface area contributed by atoms with Gasteiger partial charge in [-0.15, -0.1) is 10.2 Å². The molecule has 0 amide bonds.